The molecular formula is C21H27F3N2O4. The molecule has 2 fully saturated rings. The van der Waals surface area contributed by atoms with E-state index in [9.17, 15) is 22.8 Å². The van der Waals surface area contributed by atoms with Crippen LogP contribution in [-0.4, -0.2) is 68.3 Å². The third kappa shape index (κ3) is 5.06. The van der Waals surface area contributed by atoms with Gasteiger partial charge in [-0.1, -0.05) is 12.1 Å². The van der Waals surface area contributed by atoms with Crippen molar-refractivity contribution in [2.45, 2.75) is 37.5 Å². The van der Waals surface area contributed by atoms with Crippen LogP contribution in [0.2, 0.25) is 0 Å². The summed E-state index contributed by atoms with van der Waals surface area (Å²) >= 11 is 0. The van der Waals surface area contributed by atoms with E-state index in [1.165, 1.54) is 19.2 Å². The average molecular weight is 428 g/mol. The highest BCUT2D eigenvalue weighted by Gasteiger charge is 2.38. The first-order chi connectivity index (χ1) is 14.2. The number of alkyl halides is 3. The number of urea groups is 1. The Morgan fingerprint density at radius 2 is 1.73 bits per heavy atom. The molecule has 1 aromatic rings. The second-order valence-electron chi connectivity index (χ2n) is 7.91. The van der Waals surface area contributed by atoms with Crippen molar-refractivity contribution >= 4 is 12.0 Å². The molecule has 0 N–H and O–H groups in total. The Morgan fingerprint density at radius 1 is 1.03 bits per heavy atom. The van der Waals surface area contributed by atoms with Crippen molar-refractivity contribution < 1.29 is 32.2 Å². The minimum atomic E-state index is -4.41. The highest BCUT2D eigenvalue weighted by molar-refractivity contribution is 5.78. The molecule has 0 radical (unpaired) electrons. The predicted molar refractivity (Wildman–Crippen MR) is 103 cm³/mol. The van der Waals surface area contributed by atoms with Gasteiger partial charge in [0.25, 0.3) is 0 Å². The molecule has 9 heteroatoms. The molecule has 2 aliphatic rings. The summed E-state index contributed by atoms with van der Waals surface area (Å²) in [6.45, 7) is 1.67. The summed E-state index contributed by atoms with van der Waals surface area (Å²) in [6, 6.07) is 4.76. The van der Waals surface area contributed by atoms with E-state index in [-0.39, 0.29) is 24.6 Å². The van der Waals surface area contributed by atoms with Crippen LogP contribution >= 0.6 is 0 Å². The molecule has 2 aliphatic heterocycles. The van der Waals surface area contributed by atoms with Gasteiger partial charge in [0.05, 0.1) is 24.7 Å². The smallest absolute Gasteiger partial charge is 0.416 e. The van der Waals surface area contributed by atoms with Gasteiger partial charge >= 0.3 is 18.2 Å². The van der Waals surface area contributed by atoms with E-state index in [0.717, 1.165) is 25.0 Å². The minimum absolute atomic E-state index is 0.0189. The Labute approximate surface area is 173 Å². The molecule has 166 valence electrons. The lowest BCUT2D eigenvalue weighted by atomic mass is 9.84. The number of ether oxygens (including phenoxy) is 2. The number of amides is 2. The molecule has 3 unspecified atom stereocenters. The first-order valence-corrected chi connectivity index (χ1v) is 10.0. The molecule has 2 amide bonds. The van der Waals surface area contributed by atoms with Gasteiger partial charge in [-0.3, -0.25) is 4.79 Å². The number of methoxy groups -OCH3 is 2. The fourth-order valence-corrected chi connectivity index (χ4v) is 4.28. The molecule has 30 heavy (non-hydrogen) atoms. The zero-order valence-electron chi connectivity index (χ0n) is 17.2. The number of likely N-dealkylation sites (tertiary alicyclic amines) is 2. The Balaban J connectivity index is 1.79. The number of carbonyl (C=O) groups is 2. The lowest BCUT2D eigenvalue weighted by Crippen LogP contribution is -2.53. The maximum atomic E-state index is 13.1. The van der Waals surface area contributed by atoms with Crippen molar-refractivity contribution in [3.8, 4) is 0 Å². The van der Waals surface area contributed by atoms with Gasteiger partial charge in [0.2, 0.25) is 0 Å². The van der Waals surface area contributed by atoms with Crippen molar-refractivity contribution in [2.75, 3.05) is 40.4 Å². The van der Waals surface area contributed by atoms with Gasteiger partial charge in [0, 0.05) is 39.2 Å². The molecule has 0 saturated carbocycles. The number of carbonyl (C=O) groups excluding carboxylic acids is 2. The van der Waals surface area contributed by atoms with Crippen molar-refractivity contribution in [2.24, 2.45) is 5.92 Å². The van der Waals surface area contributed by atoms with Crippen LogP contribution in [0.5, 0.6) is 0 Å². The third-order valence-electron chi connectivity index (χ3n) is 5.95. The highest BCUT2D eigenvalue weighted by atomic mass is 19.4. The SMILES string of the molecule is COC(=O)C1CC(c2ccc(C(F)(F)F)cc2)CN(C(=O)N2CCCC(OC)C2)C1. The zero-order valence-corrected chi connectivity index (χ0v) is 17.2. The molecule has 0 aromatic heterocycles. The lowest BCUT2D eigenvalue weighted by molar-refractivity contribution is -0.147. The summed E-state index contributed by atoms with van der Waals surface area (Å²) in [7, 11) is 2.91. The fraction of sp³-hybridized carbons (Fsp3) is 0.619. The number of halogens is 3. The van der Waals surface area contributed by atoms with Crippen LogP contribution in [-0.2, 0) is 20.4 Å². The van der Waals surface area contributed by atoms with E-state index in [0.29, 0.717) is 31.6 Å². The molecule has 3 rings (SSSR count). The number of piperidine rings is 2. The number of hydrogen-bond acceptors (Lipinski definition) is 4. The molecule has 0 aliphatic carbocycles. The Bertz CT molecular complexity index is 754. The van der Waals surface area contributed by atoms with Crippen molar-refractivity contribution in [1.82, 2.24) is 9.80 Å². The second kappa shape index (κ2) is 9.24. The van der Waals surface area contributed by atoms with E-state index in [1.54, 1.807) is 16.9 Å². The summed E-state index contributed by atoms with van der Waals surface area (Å²) in [5, 5.41) is 0. The predicted octanol–water partition coefficient (Wildman–Crippen LogP) is 3.51. The largest absolute Gasteiger partial charge is 0.469 e. The van der Waals surface area contributed by atoms with Crippen LogP contribution in [0, 0.1) is 5.92 Å². The number of esters is 1. The summed E-state index contributed by atoms with van der Waals surface area (Å²) in [5.41, 5.74) is -0.0544. The molecule has 2 saturated heterocycles. The number of rotatable bonds is 3. The number of nitrogens with zero attached hydrogens (tertiary/aromatic N) is 2. The molecule has 1 aromatic carbocycles. The summed E-state index contributed by atoms with van der Waals surface area (Å²) < 4.78 is 48.9. The topological polar surface area (TPSA) is 59.1 Å². The standard InChI is InChI=1S/C21H27F3N2O4/c1-29-18-4-3-9-25(13-18)20(28)26-11-15(10-16(12-26)19(27)30-2)14-5-7-17(8-6-14)21(22,23)24/h5-8,15-16,18H,3-4,9-13H2,1-2H3. The normalized spacial score (nSPS) is 25.2. The van der Waals surface area contributed by atoms with E-state index in [2.05, 4.69) is 0 Å². The van der Waals surface area contributed by atoms with Crippen molar-refractivity contribution in [1.29, 1.82) is 0 Å². The third-order valence-corrected chi connectivity index (χ3v) is 5.95. The monoisotopic (exact) mass is 428 g/mol. The van der Waals surface area contributed by atoms with Crippen LogP contribution in [0.1, 0.15) is 36.3 Å². The van der Waals surface area contributed by atoms with E-state index < -0.39 is 23.6 Å². The fourth-order valence-electron chi connectivity index (χ4n) is 4.28. The van der Waals surface area contributed by atoms with Crippen molar-refractivity contribution in [3.63, 3.8) is 0 Å². The Morgan fingerprint density at radius 3 is 2.33 bits per heavy atom. The van der Waals surface area contributed by atoms with Crippen LogP contribution in [0.3, 0.4) is 0 Å². The van der Waals surface area contributed by atoms with Gasteiger partial charge in [0.15, 0.2) is 0 Å². The van der Waals surface area contributed by atoms with Gasteiger partial charge in [-0.2, -0.15) is 13.2 Å². The Kier molecular flexibility index (Phi) is 6.90. The van der Waals surface area contributed by atoms with Crippen LogP contribution < -0.4 is 0 Å². The molecule has 2 heterocycles. The summed E-state index contributed by atoms with van der Waals surface area (Å²) in [5.74, 6) is -1.20. The number of hydrogen-bond donors (Lipinski definition) is 0. The highest BCUT2D eigenvalue weighted by Crippen LogP contribution is 2.34. The lowest BCUT2D eigenvalue weighted by Gasteiger charge is -2.41. The van der Waals surface area contributed by atoms with Crippen LogP contribution in [0.25, 0.3) is 0 Å². The molecular weight excluding hydrogens is 401 g/mol. The van der Waals surface area contributed by atoms with Gasteiger partial charge in [-0.25, -0.2) is 4.79 Å². The van der Waals surface area contributed by atoms with Gasteiger partial charge in [-0.05, 0) is 37.0 Å². The molecule has 0 bridgehead atoms. The summed E-state index contributed by atoms with van der Waals surface area (Å²) in [6.07, 6.45) is -2.29. The first kappa shape index (κ1) is 22.4. The quantitative estimate of drug-likeness (QED) is 0.692. The van der Waals surface area contributed by atoms with Gasteiger partial charge < -0.3 is 19.3 Å². The first-order valence-electron chi connectivity index (χ1n) is 10.0. The Hall–Kier alpha value is -2.29. The molecule has 6 nitrogen and oxygen atoms in total. The van der Waals surface area contributed by atoms with Crippen LogP contribution in [0.15, 0.2) is 24.3 Å². The van der Waals surface area contributed by atoms with Gasteiger partial charge in [0.1, 0.15) is 0 Å². The second-order valence-corrected chi connectivity index (χ2v) is 7.91. The molecule has 3 atom stereocenters. The minimum Gasteiger partial charge on any atom is -0.469 e. The number of benzene rings is 1. The maximum absolute atomic E-state index is 13.1. The van der Waals surface area contributed by atoms with E-state index in [1.807, 2.05) is 0 Å². The van der Waals surface area contributed by atoms with E-state index in [4.69, 9.17) is 9.47 Å². The van der Waals surface area contributed by atoms with Gasteiger partial charge in [-0.15, -0.1) is 0 Å². The van der Waals surface area contributed by atoms with E-state index >= 15 is 0 Å². The molecule has 0 spiro atoms. The van der Waals surface area contributed by atoms with Crippen LogP contribution in [0.4, 0.5) is 18.0 Å². The zero-order chi connectivity index (χ0) is 21.9. The maximum Gasteiger partial charge on any atom is 0.416 e. The average Bonchev–Trinajstić information content (AvgIpc) is 2.77. The summed E-state index contributed by atoms with van der Waals surface area (Å²) in [4.78, 5) is 28.7. The van der Waals surface area contributed by atoms with Crippen molar-refractivity contribution in [3.05, 3.63) is 35.4 Å².